The van der Waals surface area contributed by atoms with Crippen LogP contribution < -0.4 is 10.6 Å². The molecule has 0 aliphatic rings. The maximum atomic E-state index is 12.2. The lowest BCUT2D eigenvalue weighted by atomic mass is 10.1. The van der Waals surface area contributed by atoms with Crippen molar-refractivity contribution in [2.45, 2.75) is 19.8 Å². The maximum absolute atomic E-state index is 12.2. The van der Waals surface area contributed by atoms with Crippen LogP contribution in [0.2, 0.25) is 0 Å². The van der Waals surface area contributed by atoms with E-state index in [-0.39, 0.29) is 29.9 Å². The molecule has 1 aromatic carbocycles. The highest BCUT2D eigenvalue weighted by Gasteiger charge is 2.16. The first-order valence-electron chi connectivity index (χ1n) is 7.62. The number of esters is 1. The van der Waals surface area contributed by atoms with Crippen molar-refractivity contribution in [2.75, 3.05) is 18.5 Å². The lowest BCUT2D eigenvalue weighted by Crippen LogP contribution is -2.19. The highest BCUT2D eigenvalue weighted by atomic mass is 16.5. The van der Waals surface area contributed by atoms with Crippen molar-refractivity contribution < 1.29 is 24.2 Å². The Morgan fingerprint density at radius 3 is 2.68 bits per heavy atom. The number of nitrogens with zero attached hydrogens (tertiary/aromatic N) is 1. The lowest BCUT2D eigenvalue weighted by molar-refractivity contribution is -0.137. The van der Waals surface area contributed by atoms with E-state index < -0.39 is 17.8 Å². The number of aliphatic carboxylic acids is 1. The molecule has 0 saturated carbocycles. The minimum absolute atomic E-state index is 0.0121. The van der Waals surface area contributed by atoms with Crippen molar-refractivity contribution in [3.63, 3.8) is 0 Å². The molecule has 0 aromatic heterocycles. The van der Waals surface area contributed by atoms with Gasteiger partial charge in [-0.05, 0) is 25.5 Å². The number of hydrogen-bond acceptors (Lipinski definition) is 6. The minimum atomic E-state index is -0.917. The van der Waals surface area contributed by atoms with Crippen LogP contribution in [0.25, 0.3) is 0 Å². The zero-order valence-corrected chi connectivity index (χ0v) is 13.7. The number of benzene rings is 1. The summed E-state index contributed by atoms with van der Waals surface area (Å²) >= 11 is 0. The molecule has 0 heterocycles. The average molecular weight is 345 g/mol. The molecule has 0 fully saturated rings. The lowest BCUT2D eigenvalue weighted by Gasteiger charge is -2.10. The summed E-state index contributed by atoms with van der Waals surface area (Å²) in [7, 11) is 0. The van der Waals surface area contributed by atoms with Gasteiger partial charge < -0.3 is 20.5 Å². The first-order chi connectivity index (χ1) is 12.0. The summed E-state index contributed by atoms with van der Waals surface area (Å²) in [6.07, 6.45) is 1.56. The highest BCUT2D eigenvalue weighted by molar-refractivity contribution is 6.09. The van der Waals surface area contributed by atoms with Crippen molar-refractivity contribution in [3.05, 3.63) is 41.6 Å². The summed E-state index contributed by atoms with van der Waals surface area (Å²) in [4.78, 5) is 34.4. The minimum Gasteiger partial charge on any atom is -0.481 e. The monoisotopic (exact) mass is 345 g/mol. The van der Waals surface area contributed by atoms with Gasteiger partial charge in [0.1, 0.15) is 11.6 Å². The number of ether oxygens (including phenoxy) is 1. The van der Waals surface area contributed by atoms with Crippen molar-refractivity contribution in [3.8, 4) is 6.07 Å². The molecule has 8 nitrogen and oxygen atoms in total. The molecule has 1 amide bonds. The van der Waals surface area contributed by atoms with Gasteiger partial charge in [-0.25, -0.2) is 4.79 Å². The van der Waals surface area contributed by atoms with Crippen LogP contribution in [0.1, 0.15) is 30.1 Å². The van der Waals surface area contributed by atoms with Crippen LogP contribution in [-0.4, -0.2) is 36.1 Å². The molecule has 0 unspecified atom stereocenters. The van der Waals surface area contributed by atoms with Crippen molar-refractivity contribution in [1.29, 1.82) is 5.26 Å². The summed E-state index contributed by atoms with van der Waals surface area (Å²) < 4.78 is 4.92. The molecule has 0 spiro atoms. The topological polar surface area (TPSA) is 129 Å². The third-order valence-corrected chi connectivity index (χ3v) is 2.99. The zero-order valence-electron chi connectivity index (χ0n) is 13.7. The number of para-hydroxylation sites is 1. The SMILES string of the molecule is CCOC(=O)c1ccccc1NC(=O)/C(C#N)=C\NCCCC(=O)O. The largest absolute Gasteiger partial charge is 0.481 e. The normalized spacial score (nSPS) is 10.5. The van der Waals surface area contributed by atoms with Gasteiger partial charge in [-0.1, -0.05) is 12.1 Å². The van der Waals surface area contributed by atoms with Gasteiger partial charge >= 0.3 is 11.9 Å². The average Bonchev–Trinajstić information content (AvgIpc) is 2.58. The van der Waals surface area contributed by atoms with Crippen molar-refractivity contribution in [1.82, 2.24) is 5.32 Å². The maximum Gasteiger partial charge on any atom is 0.340 e. The molecule has 25 heavy (non-hydrogen) atoms. The molecule has 8 heteroatoms. The van der Waals surface area contributed by atoms with Gasteiger partial charge in [0, 0.05) is 19.2 Å². The van der Waals surface area contributed by atoms with Gasteiger partial charge in [0.15, 0.2) is 0 Å². The Balaban J connectivity index is 2.75. The number of nitrogens with one attached hydrogen (secondary N) is 2. The van der Waals surface area contributed by atoms with E-state index in [1.54, 1.807) is 25.1 Å². The molecule has 0 aliphatic carbocycles. The van der Waals surface area contributed by atoms with Gasteiger partial charge in [0.25, 0.3) is 5.91 Å². The summed E-state index contributed by atoms with van der Waals surface area (Å²) in [6.45, 7) is 2.18. The van der Waals surface area contributed by atoms with Gasteiger partial charge in [0.05, 0.1) is 17.9 Å². The van der Waals surface area contributed by atoms with Crippen molar-refractivity contribution >= 4 is 23.5 Å². The standard InChI is InChI=1S/C17H19N3O5/c1-2-25-17(24)13-6-3-4-7-14(13)20-16(23)12(10-18)11-19-9-5-8-15(21)22/h3-4,6-7,11,19H,2,5,8-9H2,1H3,(H,20,23)(H,21,22)/b12-11-. The number of rotatable bonds is 9. The first-order valence-corrected chi connectivity index (χ1v) is 7.62. The van der Waals surface area contributed by atoms with E-state index in [1.807, 2.05) is 0 Å². The van der Waals surface area contributed by atoms with E-state index in [0.717, 1.165) is 0 Å². The summed E-state index contributed by atoms with van der Waals surface area (Å²) in [5.41, 5.74) is 0.219. The number of nitriles is 1. The van der Waals surface area contributed by atoms with E-state index >= 15 is 0 Å². The van der Waals surface area contributed by atoms with E-state index in [4.69, 9.17) is 15.1 Å². The van der Waals surface area contributed by atoms with Crippen LogP contribution in [0, 0.1) is 11.3 Å². The molecule has 0 radical (unpaired) electrons. The van der Waals surface area contributed by atoms with Crippen LogP contribution in [0.15, 0.2) is 36.0 Å². The second-order valence-electron chi connectivity index (χ2n) is 4.84. The molecule has 132 valence electrons. The van der Waals surface area contributed by atoms with Crippen LogP contribution in [0.4, 0.5) is 5.69 Å². The van der Waals surface area contributed by atoms with E-state index in [9.17, 15) is 14.4 Å². The number of hydrogen-bond donors (Lipinski definition) is 3. The molecular formula is C17H19N3O5. The number of anilines is 1. The Hall–Kier alpha value is -3.34. The number of carboxylic acids is 1. The number of carboxylic acid groups (broad SMARTS) is 1. The fourth-order valence-electron chi connectivity index (χ4n) is 1.83. The van der Waals surface area contributed by atoms with Gasteiger partial charge in [-0.15, -0.1) is 0 Å². The van der Waals surface area contributed by atoms with Crippen LogP contribution >= 0.6 is 0 Å². The van der Waals surface area contributed by atoms with Gasteiger partial charge in [-0.2, -0.15) is 5.26 Å². The first kappa shape index (κ1) is 19.7. The summed E-state index contributed by atoms with van der Waals surface area (Å²) in [5.74, 6) is -2.18. The molecule has 0 atom stereocenters. The zero-order chi connectivity index (χ0) is 18.7. The van der Waals surface area contributed by atoms with Gasteiger partial charge in [0.2, 0.25) is 0 Å². The van der Waals surface area contributed by atoms with E-state index in [0.29, 0.717) is 13.0 Å². The highest BCUT2D eigenvalue weighted by Crippen LogP contribution is 2.17. The third-order valence-electron chi connectivity index (χ3n) is 2.99. The van der Waals surface area contributed by atoms with Gasteiger partial charge in [-0.3, -0.25) is 9.59 Å². The van der Waals surface area contributed by atoms with Crippen LogP contribution in [0.3, 0.4) is 0 Å². The summed E-state index contributed by atoms with van der Waals surface area (Å²) in [5, 5.41) is 22.8. The Morgan fingerprint density at radius 2 is 2.04 bits per heavy atom. The molecule has 0 saturated heterocycles. The van der Waals surface area contributed by atoms with Crippen LogP contribution in [0.5, 0.6) is 0 Å². The predicted molar refractivity (Wildman–Crippen MR) is 89.6 cm³/mol. The second-order valence-corrected chi connectivity index (χ2v) is 4.84. The molecular weight excluding hydrogens is 326 g/mol. The Kier molecular flexibility index (Phi) is 8.23. The predicted octanol–water partition coefficient (Wildman–Crippen LogP) is 1.66. The Bertz CT molecular complexity index is 706. The van der Waals surface area contributed by atoms with Crippen LogP contribution in [-0.2, 0) is 14.3 Å². The Morgan fingerprint density at radius 1 is 1.32 bits per heavy atom. The molecule has 3 N–H and O–H groups in total. The second kappa shape index (κ2) is 10.4. The number of amides is 1. The number of carbonyl (C=O) groups excluding carboxylic acids is 2. The fraction of sp³-hybridized carbons (Fsp3) is 0.294. The molecule has 0 aliphatic heterocycles. The number of carbonyl (C=O) groups is 3. The molecule has 1 rings (SSSR count). The van der Waals surface area contributed by atoms with Crippen molar-refractivity contribution in [2.24, 2.45) is 0 Å². The molecule has 1 aromatic rings. The van der Waals surface area contributed by atoms with E-state index in [2.05, 4.69) is 10.6 Å². The van der Waals surface area contributed by atoms with E-state index in [1.165, 1.54) is 18.3 Å². The summed E-state index contributed by atoms with van der Waals surface area (Å²) in [6, 6.07) is 8.05. The Labute approximate surface area is 145 Å². The fourth-order valence-corrected chi connectivity index (χ4v) is 1.83. The third kappa shape index (κ3) is 6.74. The molecule has 0 bridgehead atoms. The quantitative estimate of drug-likeness (QED) is 0.269. The smallest absolute Gasteiger partial charge is 0.340 e.